The van der Waals surface area contributed by atoms with Crippen LogP contribution in [0.3, 0.4) is 0 Å². The predicted molar refractivity (Wildman–Crippen MR) is 86.1 cm³/mol. The maximum Gasteiger partial charge on any atom is 0.349 e. The number of carbonyl (C=O) groups is 4. The number of rotatable bonds is 5. The quantitative estimate of drug-likeness (QED) is 0.681. The molecule has 1 aromatic rings. The zero-order valence-corrected chi connectivity index (χ0v) is 14.5. The molecule has 25 heavy (non-hydrogen) atoms. The highest BCUT2D eigenvalue weighted by atomic mass is 32.2. The van der Waals surface area contributed by atoms with Crippen LogP contribution in [0.5, 0.6) is 0 Å². The highest BCUT2D eigenvalue weighted by Gasteiger charge is 2.34. The maximum atomic E-state index is 12.1. The molecule has 0 radical (unpaired) electrons. The van der Waals surface area contributed by atoms with E-state index in [-0.39, 0.29) is 23.3 Å². The van der Waals surface area contributed by atoms with Gasteiger partial charge in [0.15, 0.2) is 0 Å². The van der Waals surface area contributed by atoms with Crippen molar-refractivity contribution in [3.05, 3.63) is 5.89 Å². The van der Waals surface area contributed by atoms with E-state index < -0.39 is 29.8 Å². The molecular weight excluding hydrogens is 352 g/mol. The van der Waals surface area contributed by atoms with Crippen LogP contribution in [0.4, 0.5) is 9.59 Å². The van der Waals surface area contributed by atoms with Gasteiger partial charge in [-0.2, -0.15) is 0 Å². The molecule has 0 bridgehead atoms. The molecule has 1 aliphatic heterocycles. The number of carbonyl (C=O) groups excluding carboxylic acids is 4. The van der Waals surface area contributed by atoms with Gasteiger partial charge in [0.1, 0.15) is 0 Å². The van der Waals surface area contributed by atoms with Crippen molar-refractivity contribution in [2.45, 2.75) is 18.6 Å². The van der Waals surface area contributed by atoms with Crippen LogP contribution in [0.1, 0.15) is 12.8 Å². The number of thioether (sulfide) groups is 1. The topological polar surface area (TPSA) is 147 Å². The van der Waals surface area contributed by atoms with E-state index in [0.29, 0.717) is 5.71 Å². The molecule has 2 N–H and O–H groups in total. The van der Waals surface area contributed by atoms with Crippen molar-refractivity contribution >= 4 is 41.4 Å². The normalized spacial score (nSPS) is 17.3. The van der Waals surface area contributed by atoms with Crippen molar-refractivity contribution in [2.75, 3.05) is 19.8 Å². The molecule has 0 spiro atoms. The van der Waals surface area contributed by atoms with Gasteiger partial charge < -0.3 is 9.73 Å². The van der Waals surface area contributed by atoms with Gasteiger partial charge >= 0.3 is 12.1 Å². The van der Waals surface area contributed by atoms with E-state index in [9.17, 15) is 19.2 Å². The SMILES string of the molecule is CNC(=O)NC(=O)CSc1nnc(CC2C(=O)N(C)C(=O)N=C2C)o1. The predicted octanol–water partition coefficient (Wildman–Crippen LogP) is -0.171. The van der Waals surface area contributed by atoms with E-state index in [4.69, 9.17) is 4.42 Å². The number of nitrogens with one attached hydrogen (secondary N) is 2. The smallest absolute Gasteiger partial charge is 0.349 e. The minimum Gasteiger partial charge on any atom is -0.416 e. The average molecular weight is 368 g/mol. The van der Waals surface area contributed by atoms with Crippen molar-refractivity contribution in [1.29, 1.82) is 0 Å². The minimum atomic E-state index is -0.655. The number of hydrogen-bond donors (Lipinski definition) is 2. The van der Waals surface area contributed by atoms with E-state index in [1.807, 2.05) is 0 Å². The maximum absolute atomic E-state index is 12.1. The molecule has 0 fully saturated rings. The van der Waals surface area contributed by atoms with Gasteiger partial charge in [0.2, 0.25) is 17.7 Å². The Morgan fingerprint density at radius 2 is 2.04 bits per heavy atom. The lowest BCUT2D eigenvalue weighted by molar-refractivity contribution is -0.129. The Kier molecular flexibility index (Phi) is 5.85. The lowest BCUT2D eigenvalue weighted by atomic mass is 9.97. The summed E-state index contributed by atoms with van der Waals surface area (Å²) in [5.74, 6) is -1.47. The summed E-state index contributed by atoms with van der Waals surface area (Å²) in [5.41, 5.74) is 0.380. The van der Waals surface area contributed by atoms with E-state index in [0.717, 1.165) is 16.7 Å². The van der Waals surface area contributed by atoms with Crippen LogP contribution in [0.15, 0.2) is 14.6 Å². The summed E-state index contributed by atoms with van der Waals surface area (Å²) >= 11 is 0.954. The summed E-state index contributed by atoms with van der Waals surface area (Å²) in [7, 11) is 2.75. The van der Waals surface area contributed by atoms with Gasteiger partial charge in [0.05, 0.1) is 11.7 Å². The number of hydrogen-bond acceptors (Lipinski definition) is 8. The van der Waals surface area contributed by atoms with Crippen LogP contribution in [0.2, 0.25) is 0 Å². The van der Waals surface area contributed by atoms with Crippen LogP contribution in [0.25, 0.3) is 0 Å². The average Bonchev–Trinajstić information content (AvgIpc) is 3.02. The summed E-state index contributed by atoms with van der Waals surface area (Å²) in [6.45, 7) is 1.59. The van der Waals surface area contributed by atoms with Gasteiger partial charge in [0.25, 0.3) is 5.22 Å². The first kappa shape index (κ1) is 18.6. The fourth-order valence-electron chi connectivity index (χ4n) is 1.95. The summed E-state index contributed by atoms with van der Waals surface area (Å²) in [6.07, 6.45) is 0.101. The second kappa shape index (κ2) is 7.88. The summed E-state index contributed by atoms with van der Waals surface area (Å²) in [5, 5.41) is 12.1. The second-order valence-corrected chi connectivity index (χ2v) is 5.99. The molecule has 0 aliphatic carbocycles. The minimum absolute atomic E-state index is 0.0882. The zero-order valence-electron chi connectivity index (χ0n) is 13.7. The Morgan fingerprint density at radius 1 is 1.32 bits per heavy atom. The Bertz CT molecular complexity index is 745. The highest BCUT2D eigenvalue weighted by Crippen LogP contribution is 2.21. The van der Waals surface area contributed by atoms with Gasteiger partial charge in [-0.25, -0.2) is 14.6 Å². The summed E-state index contributed by atoms with van der Waals surface area (Å²) in [6, 6.07) is -1.22. The third kappa shape index (κ3) is 4.62. The number of nitrogens with zero attached hydrogens (tertiary/aromatic N) is 4. The van der Waals surface area contributed by atoms with Crippen LogP contribution in [-0.2, 0) is 16.0 Å². The molecule has 1 aliphatic rings. The van der Waals surface area contributed by atoms with Crippen molar-refractivity contribution in [2.24, 2.45) is 10.9 Å². The van der Waals surface area contributed by atoms with Gasteiger partial charge in [0, 0.05) is 26.2 Å². The molecule has 0 saturated heterocycles. The van der Waals surface area contributed by atoms with Crippen molar-refractivity contribution < 1.29 is 23.6 Å². The largest absolute Gasteiger partial charge is 0.416 e. The molecule has 134 valence electrons. The van der Waals surface area contributed by atoms with Crippen LogP contribution < -0.4 is 10.6 Å². The number of amides is 6. The van der Waals surface area contributed by atoms with Crippen LogP contribution in [0, 0.1) is 5.92 Å². The fraction of sp³-hybridized carbons (Fsp3) is 0.462. The monoisotopic (exact) mass is 368 g/mol. The first-order chi connectivity index (χ1) is 11.8. The van der Waals surface area contributed by atoms with E-state index in [2.05, 4.69) is 25.8 Å². The molecular formula is C13H16N6O5S. The highest BCUT2D eigenvalue weighted by molar-refractivity contribution is 7.99. The first-order valence-electron chi connectivity index (χ1n) is 7.15. The summed E-state index contributed by atoms with van der Waals surface area (Å²) < 4.78 is 5.38. The molecule has 2 heterocycles. The lowest BCUT2D eigenvalue weighted by Crippen LogP contribution is -2.44. The van der Waals surface area contributed by atoms with Crippen LogP contribution in [-0.4, -0.2) is 64.5 Å². The Hall–Kier alpha value is -2.76. The standard InChI is InChI=1S/C13H16N6O5S/c1-6-7(10(21)19(3)12(23)15-6)4-9-17-18-13(24-9)25-5-8(20)16-11(22)14-2/h7H,4-5H2,1-3H3,(H2,14,16,20,22). The van der Waals surface area contributed by atoms with Gasteiger partial charge in [-0.15, -0.1) is 10.2 Å². The molecule has 1 aromatic heterocycles. The Labute approximate surface area is 146 Å². The molecule has 12 heteroatoms. The van der Waals surface area contributed by atoms with Crippen LogP contribution >= 0.6 is 11.8 Å². The Morgan fingerprint density at radius 3 is 2.72 bits per heavy atom. The number of urea groups is 2. The van der Waals surface area contributed by atoms with Gasteiger partial charge in [-0.05, 0) is 6.92 Å². The molecule has 0 aromatic carbocycles. The lowest BCUT2D eigenvalue weighted by Gasteiger charge is -2.24. The van der Waals surface area contributed by atoms with E-state index in [1.54, 1.807) is 6.92 Å². The number of imide groups is 2. The third-order valence-electron chi connectivity index (χ3n) is 3.33. The van der Waals surface area contributed by atoms with Crippen molar-refractivity contribution in [1.82, 2.24) is 25.7 Å². The molecule has 1 unspecified atom stereocenters. The van der Waals surface area contributed by atoms with Crippen molar-refractivity contribution in [3.8, 4) is 0 Å². The summed E-state index contributed by atoms with van der Waals surface area (Å²) in [4.78, 5) is 50.8. The first-order valence-corrected chi connectivity index (χ1v) is 8.13. The van der Waals surface area contributed by atoms with Gasteiger partial charge in [-0.3, -0.25) is 19.8 Å². The van der Waals surface area contributed by atoms with E-state index in [1.165, 1.54) is 14.1 Å². The molecule has 6 amide bonds. The van der Waals surface area contributed by atoms with E-state index >= 15 is 0 Å². The third-order valence-corrected chi connectivity index (χ3v) is 4.14. The molecule has 0 saturated carbocycles. The molecule has 1 atom stereocenters. The molecule has 11 nitrogen and oxygen atoms in total. The van der Waals surface area contributed by atoms with Gasteiger partial charge in [-0.1, -0.05) is 11.8 Å². The number of aromatic nitrogens is 2. The van der Waals surface area contributed by atoms with Crippen molar-refractivity contribution in [3.63, 3.8) is 0 Å². The second-order valence-electron chi connectivity index (χ2n) is 5.07. The molecule has 2 rings (SSSR count). The number of aliphatic imine (C=N–C) groups is 1. The zero-order chi connectivity index (χ0) is 18.6. The fourth-order valence-corrected chi connectivity index (χ4v) is 2.53. The Balaban J connectivity index is 1.94.